The lowest BCUT2D eigenvalue weighted by atomic mass is 10.0. The summed E-state index contributed by atoms with van der Waals surface area (Å²) in [6, 6.07) is 9.04. The van der Waals surface area contributed by atoms with Crippen molar-refractivity contribution < 1.29 is 9.18 Å². The largest absolute Gasteiger partial charge is 0.367 e. The molecule has 1 aliphatic heterocycles. The van der Waals surface area contributed by atoms with E-state index in [1.807, 2.05) is 36.9 Å². The Morgan fingerprint density at radius 3 is 2.87 bits per heavy atom. The fourth-order valence-corrected chi connectivity index (χ4v) is 3.76. The molecule has 1 unspecified atom stereocenters. The lowest BCUT2D eigenvalue weighted by molar-refractivity contribution is 0.0937. The molecular weight excluding hydrogens is 311 g/mol. The average molecular weight is 332 g/mol. The Balaban J connectivity index is 1.68. The van der Waals surface area contributed by atoms with Crippen LogP contribution >= 0.6 is 11.3 Å². The predicted octanol–water partition coefficient (Wildman–Crippen LogP) is 3.90. The molecule has 0 spiro atoms. The number of anilines is 1. The van der Waals surface area contributed by atoms with Gasteiger partial charge in [-0.05, 0) is 56.5 Å². The summed E-state index contributed by atoms with van der Waals surface area (Å²) in [5.74, 6) is -0.226. The monoisotopic (exact) mass is 332 g/mol. The number of hydrogen-bond donors (Lipinski definition) is 1. The summed E-state index contributed by atoms with van der Waals surface area (Å²) in [6.07, 6.45) is 1.88. The van der Waals surface area contributed by atoms with E-state index < -0.39 is 0 Å². The van der Waals surface area contributed by atoms with Crippen LogP contribution in [0.3, 0.4) is 0 Å². The average Bonchev–Trinajstić information content (AvgIpc) is 2.97. The van der Waals surface area contributed by atoms with Gasteiger partial charge in [0.1, 0.15) is 5.82 Å². The van der Waals surface area contributed by atoms with E-state index in [4.69, 9.17) is 0 Å². The van der Waals surface area contributed by atoms with Crippen LogP contribution in [-0.2, 0) is 0 Å². The molecule has 3 rings (SSSR count). The van der Waals surface area contributed by atoms with Gasteiger partial charge >= 0.3 is 0 Å². The van der Waals surface area contributed by atoms with E-state index in [-0.39, 0.29) is 17.8 Å². The summed E-state index contributed by atoms with van der Waals surface area (Å²) in [7, 11) is 0. The molecule has 0 bridgehead atoms. The van der Waals surface area contributed by atoms with Crippen LogP contribution in [0.2, 0.25) is 0 Å². The highest BCUT2D eigenvalue weighted by atomic mass is 32.1. The first-order valence-electron chi connectivity index (χ1n) is 7.91. The Morgan fingerprint density at radius 2 is 2.13 bits per heavy atom. The molecule has 2 aromatic rings. The van der Waals surface area contributed by atoms with Crippen molar-refractivity contribution in [3.05, 3.63) is 51.5 Å². The molecule has 3 nitrogen and oxygen atoms in total. The maximum absolute atomic E-state index is 14.1. The van der Waals surface area contributed by atoms with E-state index in [1.54, 1.807) is 6.07 Å². The number of aryl methyl sites for hydroxylation is 2. The van der Waals surface area contributed by atoms with Crippen molar-refractivity contribution in [3.63, 3.8) is 0 Å². The number of thiophene rings is 1. The summed E-state index contributed by atoms with van der Waals surface area (Å²) in [4.78, 5) is 16.2. The molecule has 1 atom stereocenters. The molecule has 0 radical (unpaired) electrons. The highest BCUT2D eigenvalue weighted by molar-refractivity contribution is 7.13. The van der Waals surface area contributed by atoms with E-state index >= 15 is 0 Å². The minimum atomic E-state index is -0.198. The number of rotatable bonds is 3. The van der Waals surface area contributed by atoms with Crippen molar-refractivity contribution in [3.8, 4) is 0 Å². The third kappa shape index (κ3) is 3.72. The Labute approximate surface area is 140 Å². The van der Waals surface area contributed by atoms with Crippen LogP contribution in [0.1, 0.15) is 33.0 Å². The maximum Gasteiger partial charge on any atom is 0.261 e. The molecule has 1 aromatic carbocycles. The zero-order chi connectivity index (χ0) is 16.4. The van der Waals surface area contributed by atoms with Crippen LogP contribution in [0.25, 0.3) is 0 Å². The highest BCUT2D eigenvalue weighted by Crippen LogP contribution is 2.25. The highest BCUT2D eigenvalue weighted by Gasteiger charge is 2.24. The van der Waals surface area contributed by atoms with Gasteiger partial charge < -0.3 is 10.2 Å². The quantitative estimate of drug-likeness (QED) is 0.924. The van der Waals surface area contributed by atoms with E-state index in [0.29, 0.717) is 12.2 Å². The number of hydrogen-bond acceptors (Lipinski definition) is 3. The molecule has 1 aromatic heterocycles. The molecule has 1 fully saturated rings. The van der Waals surface area contributed by atoms with Gasteiger partial charge in [0.15, 0.2) is 0 Å². The van der Waals surface area contributed by atoms with E-state index in [2.05, 4.69) is 5.32 Å². The van der Waals surface area contributed by atoms with Crippen molar-refractivity contribution in [1.29, 1.82) is 0 Å². The van der Waals surface area contributed by atoms with Crippen molar-refractivity contribution in [2.45, 2.75) is 32.7 Å². The molecule has 0 saturated carbocycles. The summed E-state index contributed by atoms with van der Waals surface area (Å²) in [6.45, 7) is 5.43. The number of halogens is 1. The number of nitrogens with one attached hydrogen (secondary N) is 1. The molecule has 1 aliphatic rings. The van der Waals surface area contributed by atoms with Crippen LogP contribution in [0.5, 0.6) is 0 Å². The lowest BCUT2D eigenvalue weighted by Gasteiger charge is -2.35. The molecular formula is C18H21FN2OS. The van der Waals surface area contributed by atoms with Crippen molar-refractivity contribution in [2.24, 2.45) is 0 Å². The summed E-state index contributed by atoms with van der Waals surface area (Å²) < 4.78 is 14.1. The van der Waals surface area contributed by atoms with E-state index in [0.717, 1.165) is 34.7 Å². The third-order valence-electron chi connectivity index (χ3n) is 4.16. The minimum absolute atomic E-state index is 0.0281. The Kier molecular flexibility index (Phi) is 4.66. The number of nitrogens with zero attached hydrogens (tertiary/aromatic N) is 1. The number of carbonyl (C=O) groups excluding carboxylic acids is 1. The molecule has 2 heterocycles. The molecule has 1 amide bonds. The fourth-order valence-electron chi connectivity index (χ4n) is 2.99. The first kappa shape index (κ1) is 16.0. The van der Waals surface area contributed by atoms with Gasteiger partial charge in [-0.15, -0.1) is 11.3 Å². The van der Waals surface area contributed by atoms with Crippen molar-refractivity contribution in [1.82, 2.24) is 5.32 Å². The zero-order valence-corrected chi connectivity index (χ0v) is 14.3. The molecule has 0 aliphatic carbocycles. The van der Waals surface area contributed by atoms with Gasteiger partial charge in [0, 0.05) is 24.0 Å². The number of benzene rings is 1. The molecule has 1 saturated heterocycles. The van der Waals surface area contributed by atoms with Crippen LogP contribution in [0, 0.1) is 19.7 Å². The SMILES string of the molecule is Cc1ccc(F)c(N2CCCC(NC(=O)c3ccc(C)s3)C2)c1. The smallest absolute Gasteiger partial charge is 0.261 e. The Bertz CT molecular complexity index is 713. The number of amides is 1. The Morgan fingerprint density at radius 1 is 1.30 bits per heavy atom. The number of piperidine rings is 1. The maximum atomic E-state index is 14.1. The molecule has 5 heteroatoms. The molecule has 122 valence electrons. The van der Waals surface area contributed by atoms with Crippen molar-refractivity contribution in [2.75, 3.05) is 18.0 Å². The second kappa shape index (κ2) is 6.71. The van der Waals surface area contributed by atoms with Gasteiger partial charge in [-0.1, -0.05) is 6.07 Å². The first-order valence-corrected chi connectivity index (χ1v) is 8.73. The fraction of sp³-hybridized carbons (Fsp3) is 0.389. The molecule has 23 heavy (non-hydrogen) atoms. The standard InChI is InChI=1S/C18H21FN2OS/c1-12-5-7-15(19)16(10-12)21-9-3-4-14(11-21)20-18(22)17-8-6-13(2)23-17/h5-8,10,14H,3-4,9,11H2,1-2H3,(H,20,22). The molecule has 1 N–H and O–H groups in total. The minimum Gasteiger partial charge on any atom is -0.367 e. The third-order valence-corrected chi connectivity index (χ3v) is 5.16. The van der Waals surface area contributed by atoms with Gasteiger partial charge in [-0.3, -0.25) is 4.79 Å². The summed E-state index contributed by atoms with van der Waals surface area (Å²) in [5.41, 5.74) is 1.68. The second-order valence-electron chi connectivity index (χ2n) is 6.12. The van der Waals surface area contributed by atoms with Gasteiger partial charge in [0.25, 0.3) is 5.91 Å². The summed E-state index contributed by atoms with van der Waals surface area (Å²) in [5, 5.41) is 3.09. The van der Waals surface area contributed by atoms with Gasteiger partial charge in [-0.2, -0.15) is 0 Å². The van der Waals surface area contributed by atoms with Gasteiger partial charge in [0.2, 0.25) is 0 Å². The van der Waals surface area contributed by atoms with Crippen LogP contribution in [0.15, 0.2) is 30.3 Å². The Hall–Kier alpha value is -1.88. The second-order valence-corrected chi connectivity index (χ2v) is 7.41. The van der Waals surface area contributed by atoms with Crippen LogP contribution in [0.4, 0.5) is 10.1 Å². The van der Waals surface area contributed by atoms with Gasteiger partial charge in [-0.25, -0.2) is 4.39 Å². The lowest BCUT2D eigenvalue weighted by Crippen LogP contribution is -2.48. The van der Waals surface area contributed by atoms with Crippen molar-refractivity contribution >= 4 is 22.9 Å². The summed E-state index contributed by atoms with van der Waals surface area (Å²) >= 11 is 1.50. The zero-order valence-electron chi connectivity index (χ0n) is 13.4. The first-order chi connectivity index (χ1) is 11.0. The van der Waals surface area contributed by atoms with Crippen LogP contribution < -0.4 is 10.2 Å². The number of carbonyl (C=O) groups is 1. The predicted molar refractivity (Wildman–Crippen MR) is 92.9 cm³/mol. The topological polar surface area (TPSA) is 32.3 Å². The van der Waals surface area contributed by atoms with E-state index in [9.17, 15) is 9.18 Å². The van der Waals surface area contributed by atoms with Crippen LogP contribution in [-0.4, -0.2) is 25.0 Å². The normalized spacial score (nSPS) is 18.0. The van der Waals surface area contributed by atoms with Gasteiger partial charge in [0.05, 0.1) is 10.6 Å². The van der Waals surface area contributed by atoms with E-state index in [1.165, 1.54) is 17.4 Å².